The number of nitrogens with zero attached hydrogens (tertiary/aromatic N) is 2. The fourth-order valence-corrected chi connectivity index (χ4v) is 7.94. The molecule has 244 valence electrons. The van der Waals surface area contributed by atoms with Gasteiger partial charge in [0.25, 0.3) is 0 Å². The molecule has 0 saturated carbocycles. The summed E-state index contributed by atoms with van der Waals surface area (Å²) in [5.74, 6) is 0. The van der Waals surface area contributed by atoms with Gasteiger partial charge in [-0.05, 0) is 111 Å². The van der Waals surface area contributed by atoms with E-state index in [-0.39, 0.29) is 0 Å². The first kappa shape index (κ1) is 30.0. The Morgan fingerprint density at radius 2 is 0.885 bits per heavy atom. The predicted octanol–water partition coefficient (Wildman–Crippen LogP) is 13.9. The molecule has 9 aromatic carbocycles. The topological polar surface area (TPSA) is 8.17 Å². The van der Waals surface area contributed by atoms with Gasteiger partial charge in [-0.3, -0.25) is 0 Å². The molecular formula is C50H34N2. The molecule has 2 nitrogen and oxygen atoms in total. The average Bonchev–Trinajstić information content (AvgIpc) is 3.55. The van der Waals surface area contributed by atoms with Crippen LogP contribution in [0.3, 0.4) is 0 Å². The number of para-hydroxylation sites is 2. The number of benzene rings is 9. The summed E-state index contributed by atoms with van der Waals surface area (Å²) in [6.07, 6.45) is 0. The Hall–Kier alpha value is -6.90. The zero-order chi connectivity index (χ0) is 34.4. The molecule has 0 radical (unpaired) electrons. The number of aromatic nitrogens is 1. The Bertz CT molecular complexity index is 2890. The second kappa shape index (κ2) is 12.5. The first-order valence-corrected chi connectivity index (χ1v) is 17.9. The summed E-state index contributed by atoms with van der Waals surface area (Å²) < 4.78 is 2.42. The van der Waals surface area contributed by atoms with Crippen LogP contribution in [0.1, 0.15) is 0 Å². The Labute approximate surface area is 303 Å². The van der Waals surface area contributed by atoms with Gasteiger partial charge in [0, 0.05) is 33.5 Å². The molecule has 1 heterocycles. The highest BCUT2D eigenvalue weighted by Gasteiger charge is 2.18. The molecule has 1 aromatic heterocycles. The van der Waals surface area contributed by atoms with Crippen molar-refractivity contribution in [2.75, 3.05) is 4.90 Å². The van der Waals surface area contributed by atoms with Crippen molar-refractivity contribution in [2.24, 2.45) is 0 Å². The fourth-order valence-electron chi connectivity index (χ4n) is 7.94. The van der Waals surface area contributed by atoms with E-state index >= 15 is 0 Å². The van der Waals surface area contributed by atoms with E-state index in [0.29, 0.717) is 0 Å². The highest BCUT2D eigenvalue weighted by molar-refractivity contribution is 6.14. The number of fused-ring (bicyclic) bond motifs is 6. The van der Waals surface area contributed by atoms with E-state index in [1.807, 2.05) is 0 Å². The van der Waals surface area contributed by atoms with Crippen molar-refractivity contribution in [3.05, 3.63) is 206 Å². The lowest BCUT2D eigenvalue weighted by Crippen LogP contribution is -2.09. The van der Waals surface area contributed by atoms with E-state index in [0.717, 1.165) is 22.7 Å². The van der Waals surface area contributed by atoms with Crippen molar-refractivity contribution in [1.29, 1.82) is 0 Å². The maximum Gasteiger partial charge on any atom is 0.0542 e. The Kier molecular flexibility index (Phi) is 7.18. The maximum atomic E-state index is 2.42. The summed E-state index contributed by atoms with van der Waals surface area (Å²) in [5, 5.41) is 7.53. The molecule has 0 fully saturated rings. The molecule has 0 saturated heterocycles. The van der Waals surface area contributed by atoms with E-state index in [1.165, 1.54) is 65.6 Å². The van der Waals surface area contributed by atoms with Crippen LogP contribution in [-0.2, 0) is 0 Å². The van der Waals surface area contributed by atoms with Gasteiger partial charge in [0.05, 0.1) is 11.0 Å². The van der Waals surface area contributed by atoms with E-state index < -0.39 is 0 Å². The Morgan fingerprint density at radius 3 is 1.69 bits per heavy atom. The molecule has 0 spiro atoms. The summed E-state index contributed by atoms with van der Waals surface area (Å²) in [6, 6.07) is 74.6. The van der Waals surface area contributed by atoms with Crippen molar-refractivity contribution >= 4 is 60.4 Å². The third kappa shape index (κ3) is 5.04. The molecule has 0 aliphatic rings. The van der Waals surface area contributed by atoms with Gasteiger partial charge in [-0.15, -0.1) is 0 Å². The van der Waals surface area contributed by atoms with Gasteiger partial charge in [-0.25, -0.2) is 0 Å². The lowest BCUT2D eigenvalue weighted by molar-refractivity contribution is 1.18. The van der Waals surface area contributed by atoms with E-state index in [2.05, 4.69) is 216 Å². The average molecular weight is 663 g/mol. The third-order valence-electron chi connectivity index (χ3n) is 10.3. The van der Waals surface area contributed by atoms with Crippen LogP contribution in [0.5, 0.6) is 0 Å². The molecule has 10 rings (SSSR count). The van der Waals surface area contributed by atoms with Gasteiger partial charge in [0.2, 0.25) is 0 Å². The van der Waals surface area contributed by atoms with Gasteiger partial charge in [0.1, 0.15) is 0 Å². The van der Waals surface area contributed by atoms with Crippen LogP contribution in [0.4, 0.5) is 17.1 Å². The summed E-state index contributed by atoms with van der Waals surface area (Å²) in [5.41, 5.74) is 11.7. The molecule has 0 N–H and O–H groups in total. The minimum absolute atomic E-state index is 1.12. The Morgan fingerprint density at radius 1 is 0.308 bits per heavy atom. The minimum Gasteiger partial charge on any atom is -0.310 e. The van der Waals surface area contributed by atoms with Crippen molar-refractivity contribution < 1.29 is 0 Å². The summed E-state index contributed by atoms with van der Waals surface area (Å²) in [6.45, 7) is 0. The number of anilines is 3. The third-order valence-corrected chi connectivity index (χ3v) is 10.3. The van der Waals surface area contributed by atoms with E-state index in [1.54, 1.807) is 0 Å². The summed E-state index contributed by atoms with van der Waals surface area (Å²) in [4.78, 5) is 2.35. The molecule has 0 amide bonds. The SMILES string of the molecule is c1ccc(-c2ccc(N(c3ccccc3)c3ccc4c(c3)c3ccccc3n4-c3cccc(-c4cc5ccccc5c5ccccc45)c3)cc2)cc1. The normalized spacial score (nSPS) is 11.5. The van der Waals surface area contributed by atoms with E-state index in [9.17, 15) is 0 Å². The van der Waals surface area contributed by atoms with Crippen LogP contribution in [0.2, 0.25) is 0 Å². The number of hydrogen-bond acceptors (Lipinski definition) is 1. The zero-order valence-corrected chi connectivity index (χ0v) is 28.5. The fraction of sp³-hybridized carbons (Fsp3) is 0. The maximum absolute atomic E-state index is 2.42. The number of rotatable bonds is 6. The standard InChI is InChI=1S/C50H34N2/c1-3-14-35(15-4-1)36-26-28-40(29-27-36)51(39-18-5-2-6-19-39)42-30-31-50-48(34-42)46-24-11-12-25-49(46)52(50)41-20-13-17-37(32-41)47-33-38-16-7-8-21-43(38)44-22-9-10-23-45(44)47/h1-34H. The predicted molar refractivity (Wildman–Crippen MR) is 221 cm³/mol. The minimum atomic E-state index is 1.12. The first-order chi connectivity index (χ1) is 25.8. The van der Waals surface area contributed by atoms with Gasteiger partial charge in [-0.1, -0.05) is 140 Å². The highest BCUT2D eigenvalue weighted by Crippen LogP contribution is 2.41. The van der Waals surface area contributed by atoms with Crippen LogP contribution < -0.4 is 4.90 Å². The van der Waals surface area contributed by atoms with Gasteiger partial charge in [0.15, 0.2) is 0 Å². The van der Waals surface area contributed by atoms with Gasteiger partial charge in [-0.2, -0.15) is 0 Å². The molecule has 0 aliphatic heterocycles. The van der Waals surface area contributed by atoms with Crippen molar-refractivity contribution in [2.45, 2.75) is 0 Å². The zero-order valence-electron chi connectivity index (χ0n) is 28.5. The van der Waals surface area contributed by atoms with E-state index in [4.69, 9.17) is 0 Å². The van der Waals surface area contributed by atoms with Crippen LogP contribution in [0.25, 0.3) is 71.3 Å². The molecular weight excluding hydrogens is 629 g/mol. The van der Waals surface area contributed by atoms with Crippen LogP contribution in [0, 0.1) is 0 Å². The van der Waals surface area contributed by atoms with Crippen LogP contribution in [-0.4, -0.2) is 4.57 Å². The van der Waals surface area contributed by atoms with Gasteiger partial charge < -0.3 is 9.47 Å². The van der Waals surface area contributed by atoms with Crippen molar-refractivity contribution in [1.82, 2.24) is 4.57 Å². The van der Waals surface area contributed by atoms with Gasteiger partial charge >= 0.3 is 0 Å². The molecule has 52 heavy (non-hydrogen) atoms. The molecule has 0 atom stereocenters. The summed E-state index contributed by atoms with van der Waals surface area (Å²) in [7, 11) is 0. The lowest BCUT2D eigenvalue weighted by atomic mass is 9.93. The molecule has 0 bridgehead atoms. The smallest absolute Gasteiger partial charge is 0.0542 e. The molecule has 0 aliphatic carbocycles. The monoisotopic (exact) mass is 662 g/mol. The van der Waals surface area contributed by atoms with Crippen LogP contribution >= 0.6 is 0 Å². The second-order valence-corrected chi connectivity index (χ2v) is 13.4. The second-order valence-electron chi connectivity index (χ2n) is 13.4. The Balaban J connectivity index is 1.13. The number of hydrogen-bond donors (Lipinski definition) is 0. The first-order valence-electron chi connectivity index (χ1n) is 17.9. The van der Waals surface area contributed by atoms with Crippen molar-refractivity contribution in [3.8, 4) is 27.9 Å². The summed E-state index contributed by atoms with van der Waals surface area (Å²) >= 11 is 0. The highest BCUT2D eigenvalue weighted by atomic mass is 15.1. The van der Waals surface area contributed by atoms with Crippen LogP contribution in [0.15, 0.2) is 206 Å². The largest absolute Gasteiger partial charge is 0.310 e. The molecule has 2 heteroatoms. The lowest BCUT2D eigenvalue weighted by Gasteiger charge is -2.26. The molecule has 10 aromatic rings. The van der Waals surface area contributed by atoms with Crippen molar-refractivity contribution in [3.63, 3.8) is 0 Å². The molecule has 0 unspecified atom stereocenters. The quantitative estimate of drug-likeness (QED) is 0.161.